The predicted molar refractivity (Wildman–Crippen MR) is 80.6 cm³/mol. The number of hydrogen-bond donors (Lipinski definition) is 1. The molecule has 0 bridgehead atoms. The minimum atomic E-state index is 0.168. The Morgan fingerprint density at radius 3 is 2.47 bits per heavy atom. The summed E-state index contributed by atoms with van der Waals surface area (Å²) in [5.74, 6) is 0.632. The first-order valence-electron chi connectivity index (χ1n) is 7.22. The molecule has 1 N–H and O–H groups in total. The van der Waals surface area contributed by atoms with Crippen LogP contribution in [0.4, 0.5) is 0 Å². The summed E-state index contributed by atoms with van der Waals surface area (Å²) in [6, 6.07) is 8.23. The van der Waals surface area contributed by atoms with Crippen LogP contribution in [0.25, 0.3) is 0 Å². The lowest BCUT2D eigenvalue weighted by molar-refractivity contribution is 0.00943. The second-order valence-corrected chi connectivity index (χ2v) is 5.79. The summed E-state index contributed by atoms with van der Waals surface area (Å²) in [5, 5.41) is 4.22. The average Bonchev–Trinajstić information content (AvgIpc) is 2.46. The normalized spacial score (nSPS) is 20.2. The van der Waals surface area contributed by atoms with Crippen LogP contribution in [-0.4, -0.2) is 20.3 Å². The van der Waals surface area contributed by atoms with Gasteiger partial charge in [-0.25, -0.2) is 0 Å². The van der Waals surface area contributed by atoms with Gasteiger partial charge in [-0.2, -0.15) is 0 Å². The van der Waals surface area contributed by atoms with E-state index in [0.717, 1.165) is 10.6 Å². The summed E-state index contributed by atoms with van der Waals surface area (Å²) in [6.07, 6.45) is 6.74. The molecular weight excluding hydrogens is 258 g/mol. The lowest BCUT2D eigenvalue weighted by atomic mass is 9.81. The largest absolute Gasteiger partial charge is 0.379 e. The zero-order chi connectivity index (χ0) is 13.7. The molecule has 2 rings (SSSR count). The summed E-state index contributed by atoms with van der Waals surface area (Å²) >= 11 is 6.34. The molecule has 0 aliphatic heterocycles. The molecule has 1 saturated carbocycles. The fraction of sp³-hybridized carbons (Fsp3) is 0.625. The van der Waals surface area contributed by atoms with Crippen LogP contribution in [0, 0.1) is 5.92 Å². The molecule has 1 aliphatic rings. The minimum Gasteiger partial charge on any atom is -0.379 e. The van der Waals surface area contributed by atoms with Crippen molar-refractivity contribution in [3.05, 3.63) is 34.9 Å². The highest BCUT2D eigenvalue weighted by atomic mass is 35.5. The van der Waals surface area contributed by atoms with Crippen LogP contribution < -0.4 is 5.32 Å². The van der Waals surface area contributed by atoms with E-state index in [0.29, 0.717) is 5.92 Å². The van der Waals surface area contributed by atoms with Crippen molar-refractivity contribution in [2.45, 2.75) is 44.2 Å². The number of rotatable bonds is 5. The van der Waals surface area contributed by atoms with Gasteiger partial charge in [0.25, 0.3) is 0 Å². The third-order valence-electron chi connectivity index (χ3n) is 4.27. The molecule has 2 atom stereocenters. The minimum absolute atomic E-state index is 0.168. The van der Waals surface area contributed by atoms with E-state index in [4.69, 9.17) is 16.3 Å². The van der Waals surface area contributed by atoms with E-state index in [1.54, 1.807) is 0 Å². The van der Waals surface area contributed by atoms with Gasteiger partial charge < -0.3 is 10.1 Å². The van der Waals surface area contributed by atoms with E-state index in [1.807, 2.05) is 32.4 Å². The molecule has 19 heavy (non-hydrogen) atoms. The maximum Gasteiger partial charge on any atom is 0.0794 e. The van der Waals surface area contributed by atoms with Crippen molar-refractivity contribution < 1.29 is 4.74 Å². The van der Waals surface area contributed by atoms with Crippen LogP contribution in [0.2, 0.25) is 5.02 Å². The second-order valence-electron chi connectivity index (χ2n) is 5.39. The third-order valence-corrected chi connectivity index (χ3v) is 4.61. The lowest BCUT2D eigenvalue weighted by Crippen LogP contribution is -2.37. The van der Waals surface area contributed by atoms with Gasteiger partial charge in [0.2, 0.25) is 0 Å². The van der Waals surface area contributed by atoms with Gasteiger partial charge >= 0.3 is 0 Å². The summed E-state index contributed by atoms with van der Waals surface area (Å²) in [4.78, 5) is 0. The van der Waals surface area contributed by atoms with E-state index in [-0.39, 0.29) is 12.1 Å². The Balaban J connectivity index is 2.20. The van der Waals surface area contributed by atoms with Crippen LogP contribution >= 0.6 is 11.6 Å². The van der Waals surface area contributed by atoms with Crippen LogP contribution in [0.5, 0.6) is 0 Å². The summed E-state index contributed by atoms with van der Waals surface area (Å²) in [7, 11) is 3.81. The first-order valence-corrected chi connectivity index (χ1v) is 7.60. The fourth-order valence-electron chi connectivity index (χ4n) is 3.29. The molecule has 3 heteroatoms. The Labute approximate surface area is 121 Å². The summed E-state index contributed by atoms with van der Waals surface area (Å²) < 4.78 is 5.83. The first-order chi connectivity index (χ1) is 9.27. The second kappa shape index (κ2) is 7.28. The van der Waals surface area contributed by atoms with Gasteiger partial charge in [-0.05, 0) is 37.4 Å². The number of ether oxygens (including phenoxy) is 1. The highest BCUT2D eigenvalue weighted by Crippen LogP contribution is 2.35. The number of hydrogen-bond acceptors (Lipinski definition) is 2. The van der Waals surface area contributed by atoms with Gasteiger partial charge in [-0.3, -0.25) is 0 Å². The predicted octanol–water partition coefficient (Wildman–Crippen LogP) is 4.20. The van der Waals surface area contributed by atoms with Crippen molar-refractivity contribution >= 4 is 11.6 Å². The van der Waals surface area contributed by atoms with Gasteiger partial charge in [0.1, 0.15) is 0 Å². The van der Waals surface area contributed by atoms with E-state index in [1.165, 1.54) is 32.1 Å². The van der Waals surface area contributed by atoms with E-state index in [2.05, 4.69) is 11.4 Å². The average molecular weight is 282 g/mol. The maximum atomic E-state index is 6.34. The number of nitrogens with one attached hydrogen (secondary N) is 1. The van der Waals surface area contributed by atoms with Crippen molar-refractivity contribution in [2.75, 3.05) is 14.2 Å². The molecule has 1 aromatic rings. The summed E-state index contributed by atoms with van der Waals surface area (Å²) in [6.45, 7) is 0. The molecular formula is C16H24ClNO. The number of likely N-dealkylation sites (N-methyl/N-ethyl adjacent to an activating group) is 1. The van der Waals surface area contributed by atoms with Crippen LogP contribution in [0.15, 0.2) is 24.3 Å². The van der Waals surface area contributed by atoms with E-state index in [9.17, 15) is 0 Å². The quantitative estimate of drug-likeness (QED) is 0.873. The van der Waals surface area contributed by atoms with Crippen molar-refractivity contribution in [2.24, 2.45) is 5.92 Å². The van der Waals surface area contributed by atoms with Gasteiger partial charge in [0.15, 0.2) is 0 Å². The smallest absolute Gasteiger partial charge is 0.0794 e. The topological polar surface area (TPSA) is 21.3 Å². The lowest BCUT2D eigenvalue weighted by Gasteiger charge is -2.35. The molecule has 1 aliphatic carbocycles. The highest BCUT2D eigenvalue weighted by Gasteiger charge is 2.31. The van der Waals surface area contributed by atoms with Gasteiger partial charge in [-0.15, -0.1) is 0 Å². The Morgan fingerprint density at radius 2 is 1.89 bits per heavy atom. The number of halogens is 1. The van der Waals surface area contributed by atoms with Gasteiger partial charge in [0.05, 0.1) is 12.1 Å². The third kappa shape index (κ3) is 3.50. The molecule has 0 radical (unpaired) electrons. The van der Waals surface area contributed by atoms with Crippen molar-refractivity contribution in [1.29, 1.82) is 0 Å². The Kier molecular flexibility index (Phi) is 5.68. The zero-order valence-electron chi connectivity index (χ0n) is 11.9. The highest BCUT2D eigenvalue weighted by molar-refractivity contribution is 6.31. The van der Waals surface area contributed by atoms with Crippen LogP contribution in [-0.2, 0) is 4.74 Å². The first kappa shape index (κ1) is 14.8. The van der Waals surface area contributed by atoms with Crippen LogP contribution in [0.1, 0.15) is 43.7 Å². The Bertz CT molecular complexity index is 390. The van der Waals surface area contributed by atoms with Crippen molar-refractivity contribution in [3.8, 4) is 0 Å². The number of methoxy groups -OCH3 is 1. The zero-order valence-corrected chi connectivity index (χ0v) is 12.6. The molecule has 0 spiro atoms. The van der Waals surface area contributed by atoms with Crippen molar-refractivity contribution in [1.82, 2.24) is 5.32 Å². The molecule has 2 unspecified atom stereocenters. The standard InChI is InChI=1S/C16H24ClNO/c1-18-15(13-10-6-7-11-14(13)17)16(19-2)12-8-4-3-5-9-12/h6-7,10-12,15-16,18H,3-5,8-9H2,1-2H3. The molecule has 0 aromatic heterocycles. The van der Waals surface area contributed by atoms with Crippen LogP contribution in [0.3, 0.4) is 0 Å². The van der Waals surface area contributed by atoms with E-state index >= 15 is 0 Å². The molecule has 1 fully saturated rings. The summed E-state index contributed by atoms with van der Waals surface area (Å²) in [5.41, 5.74) is 1.14. The van der Waals surface area contributed by atoms with Crippen molar-refractivity contribution in [3.63, 3.8) is 0 Å². The molecule has 0 heterocycles. The Hall–Kier alpha value is -0.570. The molecule has 0 amide bonds. The van der Waals surface area contributed by atoms with Gasteiger partial charge in [-0.1, -0.05) is 49.1 Å². The molecule has 1 aromatic carbocycles. The molecule has 2 nitrogen and oxygen atoms in total. The SMILES string of the molecule is CNC(c1ccccc1Cl)C(OC)C1CCCCC1. The number of benzene rings is 1. The van der Waals surface area contributed by atoms with Gasteiger partial charge in [0, 0.05) is 12.1 Å². The monoisotopic (exact) mass is 281 g/mol. The maximum absolute atomic E-state index is 6.34. The molecule has 106 valence electrons. The fourth-order valence-corrected chi connectivity index (χ4v) is 3.54. The Morgan fingerprint density at radius 1 is 1.21 bits per heavy atom. The van der Waals surface area contributed by atoms with E-state index < -0.39 is 0 Å². The molecule has 0 saturated heterocycles.